The van der Waals surface area contributed by atoms with Crippen molar-refractivity contribution in [2.24, 2.45) is 0 Å². The fraction of sp³-hybridized carbons (Fsp3) is 0.0571. The summed E-state index contributed by atoms with van der Waals surface area (Å²) in [6, 6.07) is 45.3. The highest BCUT2D eigenvalue weighted by molar-refractivity contribution is 7.80. The van der Waals surface area contributed by atoms with Crippen LogP contribution in [0.3, 0.4) is 0 Å². The Balaban J connectivity index is 1.60. The monoisotopic (exact) mass is 528 g/mol. The molecule has 0 heterocycles. The number of carbonyl (C=O) groups is 1. The van der Waals surface area contributed by atoms with Crippen LogP contribution in [0.1, 0.15) is 11.1 Å². The lowest BCUT2D eigenvalue weighted by atomic mass is 9.94. The minimum atomic E-state index is -0.926. The number of hydrogen-bond donors (Lipinski definition) is 1. The van der Waals surface area contributed by atoms with Crippen molar-refractivity contribution in [3.8, 4) is 16.9 Å². The van der Waals surface area contributed by atoms with Gasteiger partial charge in [0.1, 0.15) is 5.75 Å². The molecule has 0 aliphatic rings. The topological polar surface area (TPSA) is 46.5 Å². The maximum absolute atomic E-state index is 12.3. The molecule has 39 heavy (non-hydrogen) atoms. The van der Waals surface area contributed by atoms with Crippen molar-refractivity contribution in [3.05, 3.63) is 150 Å². The Morgan fingerprint density at radius 2 is 1.23 bits per heavy atom. The van der Waals surface area contributed by atoms with Crippen LogP contribution in [0.4, 0.5) is 0 Å². The van der Waals surface area contributed by atoms with Gasteiger partial charge < -0.3 is 9.84 Å². The first-order valence-corrected chi connectivity index (χ1v) is 14.1. The largest absolute Gasteiger partial charge is 0.497 e. The Morgan fingerprint density at radius 1 is 0.692 bits per heavy atom. The van der Waals surface area contributed by atoms with Gasteiger partial charge in [-0.3, -0.25) is 0 Å². The molecule has 0 aromatic heterocycles. The van der Waals surface area contributed by atoms with Crippen molar-refractivity contribution >= 4 is 35.9 Å². The zero-order chi connectivity index (χ0) is 27.0. The average molecular weight is 529 g/mol. The van der Waals surface area contributed by atoms with Crippen molar-refractivity contribution in [1.29, 1.82) is 0 Å². The molecule has 0 radical (unpaired) electrons. The van der Waals surface area contributed by atoms with E-state index in [-0.39, 0.29) is 0 Å². The third-order valence-corrected chi connectivity index (χ3v) is 9.09. The minimum absolute atomic E-state index is 0.306. The SMILES string of the molecule is COc1ccc(/C=C(\Cc2ccccc2-c2ccccc2P(c2ccccc2)c2ccccc2)C(=O)O)cc1. The summed E-state index contributed by atoms with van der Waals surface area (Å²) < 4.78 is 5.24. The third-order valence-electron chi connectivity index (χ3n) is 6.59. The Hall–Kier alpha value is -4.46. The molecular formula is C35H29O3P. The summed E-state index contributed by atoms with van der Waals surface area (Å²) in [5.41, 5.74) is 4.31. The van der Waals surface area contributed by atoms with Crippen LogP contribution in [0.2, 0.25) is 0 Å². The molecule has 0 unspecified atom stereocenters. The fourth-order valence-electron chi connectivity index (χ4n) is 4.71. The number of hydrogen-bond acceptors (Lipinski definition) is 2. The summed E-state index contributed by atoms with van der Waals surface area (Å²) in [6.45, 7) is 0. The Labute approximate surface area is 230 Å². The van der Waals surface area contributed by atoms with Gasteiger partial charge in [0.2, 0.25) is 0 Å². The first-order chi connectivity index (χ1) is 19.1. The normalized spacial score (nSPS) is 11.4. The maximum Gasteiger partial charge on any atom is 0.331 e. The van der Waals surface area contributed by atoms with Crippen molar-refractivity contribution in [1.82, 2.24) is 0 Å². The molecule has 5 rings (SSSR count). The van der Waals surface area contributed by atoms with Crippen LogP contribution >= 0.6 is 7.92 Å². The predicted molar refractivity (Wildman–Crippen MR) is 163 cm³/mol. The second kappa shape index (κ2) is 12.4. The summed E-state index contributed by atoms with van der Waals surface area (Å²) in [4.78, 5) is 12.3. The highest BCUT2D eigenvalue weighted by atomic mass is 31.1. The molecule has 1 N–H and O–H groups in total. The van der Waals surface area contributed by atoms with E-state index in [0.717, 1.165) is 28.0 Å². The molecule has 3 nitrogen and oxygen atoms in total. The number of benzene rings is 5. The molecule has 192 valence electrons. The van der Waals surface area contributed by atoms with E-state index in [0.29, 0.717) is 12.0 Å². The minimum Gasteiger partial charge on any atom is -0.497 e. The van der Waals surface area contributed by atoms with Crippen molar-refractivity contribution in [3.63, 3.8) is 0 Å². The Bertz CT molecular complexity index is 1540. The van der Waals surface area contributed by atoms with E-state index in [1.807, 2.05) is 54.6 Å². The summed E-state index contributed by atoms with van der Waals surface area (Å²) in [5, 5.41) is 13.9. The lowest BCUT2D eigenvalue weighted by Crippen LogP contribution is -2.22. The molecule has 0 amide bonds. The molecule has 0 aliphatic heterocycles. The molecule has 0 aliphatic carbocycles. The van der Waals surface area contributed by atoms with Crippen LogP contribution in [0.15, 0.2) is 139 Å². The molecule has 0 atom stereocenters. The molecule has 4 heteroatoms. The van der Waals surface area contributed by atoms with E-state index in [2.05, 4.69) is 78.9 Å². The lowest BCUT2D eigenvalue weighted by Gasteiger charge is -2.23. The van der Waals surface area contributed by atoms with Gasteiger partial charge in [0.05, 0.1) is 7.11 Å². The first kappa shape index (κ1) is 26.2. The van der Waals surface area contributed by atoms with E-state index in [9.17, 15) is 9.90 Å². The third kappa shape index (κ3) is 6.17. The smallest absolute Gasteiger partial charge is 0.331 e. The van der Waals surface area contributed by atoms with Gasteiger partial charge >= 0.3 is 5.97 Å². The summed E-state index contributed by atoms with van der Waals surface area (Å²) >= 11 is 0. The number of carboxylic acids is 1. The summed E-state index contributed by atoms with van der Waals surface area (Å²) in [5.74, 6) is -0.191. The molecule has 0 spiro atoms. The van der Waals surface area contributed by atoms with Crippen LogP contribution in [0.25, 0.3) is 17.2 Å². The second-order valence-electron chi connectivity index (χ2n) is 9.11. The number of carboxylic acid groups (broad SMARTS) is 1. The van der Waals surface area contributed by atoms with Crippen LogP contribution in [0.5, 0.6) is 5.75 Å². The number of methoxy groups -OCH3 is 1. The van der Waals surface area contributed by atoms with Gasteiger partial charge in [-0.1, -0.05) is 121 Å². The standard InChI is InChI=1S/C35H29O3P/c1-38-29-22-20-26(21-23-29)24-28(35(36)37)25-27-12-8-9-17-32(27)33-18-10-11-19-34(33)39(30-13-4-2-5-14-30)31-15-6-3-7-16-31/h2-24H,25H2,1H3,(H,36,37)/b28-24+. The van der Waals surface area contributed by atoms with Crippen LogP contribution in [0, 0.1) is 0 Å². The second-order valence-corrected chi connectivity index (χ2v) is 11.3. The maximum atomic E-state index is 12.3. The van der Waals surface area contributed by atoms with Gasteiger partial charge in [-0.05, 0) is 64.3 Å². The van der Waals surface area contributed by atoms with Gasteiger partial charge in [-0.2, -0.15) is 0 Å². The Kier molecular flexibility index (Phi) is 8.31. The van der Waals surface area contributed by atoms with Crippen LogP contribution < -0.4 is 20.7 Å². The number of aliphatic carboxylic acids is 1. The van der Waals surface area contributed by atoms with E-state index < -0.39 is 13.9 Å². The number of ether oxygens (including phenoxy) is 1. The predicted octanol–water partition coefficient (Wildman–Crippen LogP) is 6.83. The highest BCUT2D eigenvalue weighted by Crippen LogP contribution is 2.38. The fourth-order valence-corrected chi connectivity index (χ4v) is 7.18. The highest BCUT2D eigenvalue weighted by Gasteiger charge is 2.21. The molecule has 0 saturated heterocycles. The lowest BCUT2D eigenvalue weighted by molar-refractivity contribution is -0.132. The molecule has 0 saturated carbocycles. The van der Waals surface area contributed by atoms with E-state index in [1.165, 1.54) is 15.9 Å². The number of rotatable bonds is 9. The van der Waals surface area contributed by atoms with Gasteiger partial charge in [0, 0.05) is 12.0 Å². The zero-order valence-electron chi connectivity index (χ0n) is 21.7. The molecule has 0 bridgehead atoms. The first-order valence-electron chi connectivity index (χ1n) is 12.8. The van der Waals surface area contributed by atoms with Crippen molar-refractivity contribution in [2.45, 2.75) is 6.42 Å². The summed E-state index contributed by atoms with van der Waals surface area (Å²) in [7, 11) is 0.792. The quantitative estimate of drug-likeness (QED) is 0.169. The van der Waals surface area contributed by atoms with E-state index in [4.69, 9.17) is 4.74 Å². The summed E-state index contributed by atoms with van der Waals surface area (Å²) in [6.07, 6.45) is 2.05. The van der Waals surface area contributed by atoms with Crippen molar-refractivity contribution in [2.75, 3.05) is 7.11 Å². The van der Waals surface area contributed by atoms with E-state index in [1.54, 1.807) is 13.2 Å². The van der Waals surface area contributed by atoms with Crippen LogP contribution in [-0.4, -0.2) is 18.2 Å². The van der Waals surface area contributed by atoms with E-state index >= 15 is 0 Å². The molecule has 5 aromatic carbocycles. The van der Waals surface area contributed by atoms with Crippen LogP contribution in [-0.2, 0) is 11.2 Å². The molecule has 5 aromatic rings. The van der Waals surface area contributed by atoms with Gasteiger partial charge in [0.25, 0.3) is 0 Å². The molecular weight excluding hydrogens is 499 g/mol. The average Bonchev–Trinajstić information content (AvgIpc) is 2.99. The van der Waals surface area contributed by atoms with Gasteiger partial charge in [-0.15, -0.1) is 0 Å². The molecule has 0 fully saturated rings. The zero-order valence-corrected chi connectivity index (χ0v) is 22.6. The van der Waals surface area contributed by atoms with Gasteiger partial charge in [0.15, 0.2) is 0 Å². The van der Waals surface area contributed by atoms with Crippen molar-refractivity contribution < 1.29 is 14.6 Å². The van der Waals surface area contributed by atoms with Gasteiger partial charge in [-0.25, -0.2) is 4.79 Å². The Morgan fingerprint density at radius 3 is 1.82 bits per heavy atom.